The number of hydrogen-bond donors (Lipinski definition) is 2. The summed E-state index contributed by atoms with van der Waals surface area (Å²) >= 11 is 0. The molecule has 1 aliphatic heterocycles. The molecule has 2 N–H and O–H groups in total. The molecule has 0 saturated carbocycles. The van der Waals surface area contributed by atoms with Crippen molar-refractivity contribution in [3.05, 3.63) is 12.5 Å². The average molecular weight is 288 g/mol. The summed E-state index contributed by atoms with van der Waals surface area (Å²) in [6, 6.07) is 0. The molecule has 0 spiro atoms. The van der Waals surface area contributed by atoms with Crippen molar-refractivity contribution < 1.29 is 4.79 Å². The molecule has 21 heavy (non-hydrogen) atoms. The molecule has 112 valence electrons. The van der Waals surface area contributed by atoms with Crippen molar-refractivity contribution >= 4 is 22.8 Å². The van der Waals surface area contributed by atoms with Gasteiger partial charge in [-0.1, -0.05) is 12.8 Å². The number of rotatable bonds is 4. The van der Waals surface area contributed by atoms with Gasteiger partial charge in [0.15, 0.2) is 5.65 Å². The number of nitrogens with one attached hydrogen (secondary N) is 2. The standard InChI is InChI=1S/C14H20N6O/c21-12(20-7-3-1-2-4-8-20)5-6-15-13-11-9-18-19-14(11)17-10-16-13/h9-10H,1-8H2,(H2,15,16,17,18,19). The normalized spacial score (nSPS) is 15.9. The van der Waals surface area contributed by atoms with Gasteiger partial charge in [-0.3, -0.25) is 9.89 Å². The quantitative estimate of drug-likeness (QED) is 0.891. The van der Waals surface area contributed by atoms with Gasteiger partial charge in [-0.2, -0.15) is 5.10 Å². The lowest BCUT2D eigenvalue weighted by atomic mass is 10.2. The molecule has 2 aromatic heterocycles. The van der Waals surface area contributed by atoms with Crippen LogP contribution < -0.4 is 5.32 Å². The van der Waals surface area contributed by atoms with Crippen LogP contribution >= 0.6 is 0 Å². The van der Waals surface area contributed by atoms with Crippen molar-refractivity contribution in [3.8, 4) is 0 Å². The summed E-state index contributed by atoms with van der Waals surface area (Å²) in [5.74, 6) is 0.944. The number of aromatic nitrogens is 4. The highest BCUT2D eigenvalue weighted by Crippen LogP contribution is 2.16. The van der Waals surface area contributed by atoms with Crippen molar-refractivity contribution in [2.24, 2.45) is 0 Å². The average Bonchev–Trinajstić information content (AvgIpc) is 2.81. The fourth-order valence-corrected chi connectivity index (χ4v) is 2.67. The lowest BCUT2D eigenvalue weighted by Crippen LogP contribution is -2.32. The first-order valence-electron chi connectivity index (χ1n) is 7.50. The minimum atomic E-state index is 0.224. The van der Waals surface area contributed by atoms with Crippen LogP contribution in [0.3, 0.4) is 0 Å². The lowest BCUT2D eigenvalue weighted by Gasteiger charge is -2.20. The Labute approximate surface area is 123 Å². The van der Waals surface area contributed by atoms with Crippen LogP contribution in [-0.2, 0) is 4.79 Å². The molecule has 2 aromatic rings. The van der Waals surface area contributed by atoms with E-state index in [1.54, 1.807) is 6.20 Å². The maximum absolute atomic E-state index is 12.2. The van der Waals surface area contributed by atoms with E-state index in [1.807, 2.05) is 4.90 Å². The minimum Gasteiger partial charge on any atom is -0.369 e. The van der Waals surface area contributed by atoms with Crippen LogP contribution in [0.15, 0.2) is 12.5 Å². The third kappa shape index (κ3) is 3.29. The van der Waals surface area contributed by atoms with E-state index in [9.17, 15) is 4.79 Å². The number of aromatic amines is 1. The summed E-state index contributed by atoms with van der Waals surface area (Å²) in [6.45, 7) is 2.38. The fourth-order valence-electron chi connectivity index (χ4n) is 2.67. The van der Waals surface area contributed by atoms with Crippen molar-refractivity contribution in [2.45, 2.75) is 32.1 Å². The molecule has 1 saturated heterocycles. The summed E-state index contributed by atoms with van der Waals surface area (Å²) in [7, 11) is 0. The molecule has 3 heterocycles. The van der Waals surface area contributed by atoms with Crippen LogP contribution in [-0.4, -0.2) is 50.6 Å². The van der Waals surface area contributed by atoms with E-state index in [-0.39, 0.29) is 5.91 Å². The van der Waals surface area contributed by atoms with E-state index in [2.05, 4.69) is 25.5 Å². The van der Waals surface area contributed by atoms with E-state index < -0.39 is 0 Å². The molecule has 1 aliphatic rings. The molecule has 0 atom stereocenters. The number of likely N-dealkylation sites (tertiary alicyclic amines) is 1. The predicted octanol–water partition coefficient (Wildman–Crippen LogP) is 1.56. The van der Waals surface area contributed by atoms with Crippen LogP contribution in [0.1, 0.15) is 32.1 Å². The molecule has 0 unspecified atom stereocenters. The molecule has 3 rings (SSSR count). The molecule has 0 bridgehead atoms. The number of H-pyrrole nitrogens is 1. The van der Waals surface area contributed by atoms with E-state index in [0.717, 1.165) is 37.1 Å². The Kier molecular flexibility index (Phi) is 4.28. The van der Waals surface area contributed by atoms with Crippen molar-refractivity contribution in [3.63, 3.8) is 0 Å². The number of carbonyl (C=O) groups is 1. The van der Waals surface area contributed by atoms with Crippen LogP contribution in [0.2, 0.25) is 0 Å². The zero-order valence-corrected chi connectivity index (χ0v) is 12.0. The first kappa shape index (κ1) is 13.8. The first-order chi connectivity index (χ1) is 10.3. The van der Waals surface area contributed by atoms with Gasteiger partial charge in [-0.15, -0.1) is 0 Å². The van der Waals surface area contributed by atoms with Gasteiger partial charge < -0.3 is 10.2 Å². The first-order valence-corrected chi connectivity index (χ1v) is 7.50. The predicted molar refractivity (Wildman–Crippen MR) is 79.8 cm³/mol. The lowest BCUT2D eigenvalue weighted by molar-refractivity contribution is -0.130. The van der Waals surface area contributed by atoms with E-state index in [4.69, 9.17) is 0 Å². The maximum Gasteiger partial charge on any atom is 0.224 e. The van der Waals surface area contributed by atoms with Crippen LogP contribution in [0.5, 0.6) is 0 Å². The SMILES string of the molecule is O=C(CCNc1ncnc2[nH]ncc12)N1CCCCCC1. The van der Waals surface area contributed by atoms with Crippen LogP contribution in [0.25, 0.3) is 11.0 Å². The molecule has 0 aliphatic carbocycles. The van der Waals surface area contributed by atoms with Gasteiger partial charge in [0.2, 0.25) is 5.91 Å². The second-order valence-corrected chi connectivity index (χ2v) is 5.33. The Bertz CT molecular complexity index is 602. The zero-order chi connectivity index (χ0) is 14.5. The molecule has 7 nitrogen and oxygen atoms in total. The number of amides is 1. The third-order valence-corrected chi connectivity index (χ3v) is 3.84. The third-order valence-electron chi connectivity index (χ3n) is 3.84. The number of nitrogens with zero attached hydrogens (tertiary/aromatic N) is 4. The topological polar surface area (TPSA) is 86.8 Å². The largest absolute Gasteiger partial charge is 0.369 e. The van der Waals surface area contributed by atoms with E-state index in [1.165, 1.54) is 19.2 Å². The Hall–Kier alpha value is -2.18. The number of hydrogen-bond acceptors (Lipinski definition) is 5. The Morgan fingerprint density at radius 3 is 2.86 bits per heavy atom. The number of anilines is 1. The Balaban J connectivity index is 1.53. The highest BCUT2D eigenvalue weighted by molar-refractivity contribution is 5.85. The van der Waals surface area contributed by atoms with Gasteiger partial charge in [-0.25, -0.2) is 9.97 Å². The number of carbonyl (C=O) groups excluding carboxylic acids is 1. The summed E-state index contributed by atoms with van der Waals surface area (Å²) in [5, 5.41) is 10.8. The van der Waals surface area contributed by atoms with Gasteiger partial charge in [-0.05, 0) is 12.8 Å². The maximum atomic E-state index is 12.2. The highest BCUT2D eigenvalue weighted by Gasteiger charge is 2.15. The molecule has 0 radical (unpaired) electrons. The summed E-state index contributed by atoms with van der Waals surface area (Å²) in [5.41, 5.74) is 0.700. The second kappa shape index (κ2) is 6.51. The Morgan fingerprint density at radius 2 is 2.05 bits per heavy atom. The second-order valence-electron chi connectivity index (χ2n) is 5.33. The van der Waals surface area contributed by atoms with Crippen molar-refractivity contribution in [2.75, 3.05) is 25.0 Å². The zero-order valence-electron chi connectivity index (χ0n) is 12.0. The monoisotopic (exact) mass is 288 g/mol. The Morgan fingerprint density at radius 1 is 1.24 bits per heavy atom. The summed E-state index contributed by atoms with van der Waals surface area (Å²) in [4.78, 5) is 22.5. The summed E-state index contributed by atoms with van der Waals surface area (Å²) in [6.07, 6.45) is 8.39. The molecular formula is C14H20N6O. The van der Waals surface area contributed by atoms with E-state index >= 15 is 0 Å². The van der Waals surface area contributed by atoms with Crippen LogP contribution in [0, 0.1) is 0 Å². The highest BCUT2D eigenvalue weighted by atomic mass is 16.2. The van der Waals surface area contributed by atoms with Crippen molar-refractivity contribution in [1.82, 2.24) is 25.1 Å². The summed E-state index contributed by atoms with van der Waals surface area (Å²) < 4.78 is 0. The van der Waals surface area contributed by atoms with E-state index in [0.29, 0.717) is 18.6 Å². The number of fused-ring (bicyclic) bond motifs is 1. The molecule has 1 fully saturated rings. The smallest absolute Gasteiger partial charge is 0.224 e. The van der Waals surface area contributed by atoms with Gasteiger partial charge in [0.25, 0.3) is 0 Å². The minimum absolute atomic E-state index is 0.224. The fraction of sp³-hybridized carbons (Fsp3) is 0.571. The molecule has 7 heteroatoms. The molecule has 1 amide bonds. The van der Waals surface area contributed by atoms with Gasteiger partial charge in [0, 0.05) is 26.1 Å². The van der Waals surface area contributed by atoms with Crippen LogP contribution in [0.4, 0.5) is 5.82 Å². The molecule has 0 aromatic carbocycles. The van der Waals surface area contributed by atoms with Crippen molar-refractivity contribution in [1.29, 1.82) is 0 Å². The van der Waals surface area contributed by atoms with Gasteiger partial charge in [0.1, 0.15) is 12.1 Å². The molecular weight excluding hydrogens is 268 g/mol. The van der Waals surface area contributed by atoms with Gasteiger partial charge >= 0.3 is 0 Å². The van der Waals surface area contributed by atoms with Gasteiger partial charge in [0.05, 0.1) is 11.6 Å².